The highest BCUT2D eigenvalue weighted by Gasteiger charge is 2.34. The van der Waals surface area contributed by atoms with Gasteiger partial charge >= 0.3 is 0 Å². The van der Waals surface area contributed by atoms with Gasteiger partial charge in [0.15, 0.2) is 17.3 Å². The van der Waals surface area contributed by atoms with Crippen molar-refractivity contribution in [2.75, 3.05) is 45.6 Å². The summed E-state index contributed by atoms with van der Waals surface area (Å²) in [5.41, 5.74) is 20.8. The van der Waals surface area contributed by atoms with Gasteiger partial charge in [0.25, 0.3) is 5.91 Å². The molecule has 338 valence electrons. The molecule has 18 nitrogen and oxygen atoms in total. The first-order chi connectivity index (χ1) is 29.7. The number of carbonyl (C=O) groups is 4. The lowest BCUT2D eigenvalue weighted by atomic mass is 9.86. The SMILES string of the molecule is Cc1nc(-c2ccc(C(C)(C)C)cc2)nc(N)c1C(=O)NCC(=O)N(C)[C@@H]1C(=O)N[C@@H](C)C(=O)N[C@H](C)Cc2ccc(OC[C@@H](O)CN)c(c2)-c2cc1cc(OC[C@@H](O)CN)c2O. The third-order valence-corrected chi connectivity index (χ3v) is 10.6. The van der Waals surface area contributed by atoms with Crippen LogP contribution < -0.4 is 42.6 Å². The maximum atomic E-state index is 14.4. The number of nitrogens with zero attached hydrogens (tertiary/aromatic N) is 3. The number of phenols is 1. The molecule has 5 atom stereocenters. The monoisotopic (exact) mass is 869 g/mol. The number of fused-ring (bicyclic) bond motifs is 5. The van der Waals surface area contributed by atoms with Gasteiger partial charge < -0.3 is 62.8 Å². The summed E-state index contributed by atoms with van der Waals surface area (Å²) < 4.78 is 11.8. The van der Waals surface area contributed by atoms with E-state index in [0.717, 1.165) is 16.0 Å². The molecule has 1 aliphatic heterocycles. The predicted octanol–water partition coefficient (Wildman–Crippen LogP) is 1.60. The zero-order valence-corrected chi connectivity index (χ0v) is 36.7. The van der Waals surface area contributed by atoms with Crippen LogP contribution in [0.4, 0.5) is 5.82 Å². The number of amides is 4. The van der Waals surface area contributed by atoms with Crippen molar-refractivity contribution in [2.24, 2.45) is 11.5 Å². The average molecular weight is 870 g/mol. The smallest absolute Gasteiger partial charge is 0.257 e. The molecule has 0 saturated carbocycles. The number of hydrogen-bond donors (Lipinski definition) is 9. The molecule has 1 aliphatic rings. The van der Waals surface area contributed by atoms with E-state index in [1.54, 1.807) is 32.0 Å². The van der Waals surface area contributed by atoms with Gasteiger partial charge in [0, 0.05) is 42.9 Å². The first kappa shape index (κ1) is 47.7. The zero-order valence-electron chi connectivity index (χ0n) is 36.7. The number of aliphatic hydroxyl groups excluding tert-OH is 2. The lowest BCUT2D eigenvalue weighted by Gasteiger charge is -2.30. The quantitative estimate of drug-likeness (QED) is 0.0923. The Morgan fingerprint density at radius 2 is 1.54 bits per heavy atom. The molecule has 12 N–H and O–H groups in total. The molecule has 63 heavy (non-hydrogen) atoms. The van der Waals surface area contributed by atoms with Crippen molar-refractivity contribution in [3.8, 4) is 39.8 Å². The van der Waals surface area contributed by atoms with E-state index in [2.05, 4.69) is 46.7 Å². The topological polar surface area (TPSA) is 291 Å². The van der Waals surface area contributed by atoms with Crippen molar-refractivity contribution in [2.45, 2.75) is 83.7 Å². The Labute approximate surface area is 366 Å². The molecule has 4 bridgehead atoms. The lowest BCUT2D eigenvalue weighted by molar-refractivity contribution is -0.139. The van der Waals surface area contributed by atoms with E-state index in [1.807, 2.05) is 24.3 Å². The Kier molecular flexibility index (Phi) is 15.3. The summed E-state index contributed by atoms with van der Waals surface area (Å²) in [7, 11) is 1.34. The minimum absolute atomic E-state index is 0.0332. The molecule has 0 saturated heterocycles. The van der Waals surface area contributed by atoms with Crippen LogP contribution in [0, 0.1) is 6.92 Å². The number of carbonyl (C=O) groups excluding carboxylic acids is 4. The van der Waals surface area contributed by atoms with Crippen LogP contribution in [0.3, 0.4) is 0 Å². The van der Waals surface area contributed by atoms with Crippen molar-refractivity contribution in [1.29, 1.82) is 0 Å². The number of rotatable bonds is 13. The van der Waals surface area contributed by atoms with E-state index < -0.39 is 66.3 Å². The van der Waals surface area contributed by atoms with Crippen molar-refractivity contribution in [1.82, 2.24) is 30.8 Å². The summed E-state index contributed by atoms with van der Waals surface area (Å²) in [5, 5.41) is 40.5. The summed E-state index contributed by atoms with van der Waals surface area (Å²) >= 11 is 0. The predicted molar refractivity (Wildman–Crippen MR) is 237 cm³/mol. The Balaban J connectivity index is 1.53. The summed E-state index contributed by atoms with van der Waals surface area (Å²) in [5.74, 6) is -2.87. The first-order valence-corrected chi connectivity index (χ1v) is 20.6. The summed E-state index contributed by atoms with van der Waals surface area (Å²) in [4.78, 5) is 65.4. The molecule has 4 amide bonds. The number of aromatic nitrogens is 2. The number of aromatic hydroxyl groups is 1. The minimum Gasteiger partial charge on any atom is -0.504 e. The molecule has 1 aromatic heterocycles. The van der Waals surface area contributed by atoms with E-state index in [0.29, 0.717) is 23.4 Å². The second-order valence-corrected chi connectivity index (χ2v) is 16.8. The third-order valence-electron chi connectivity index (χ3n) is 10.6. The maximum absolute atomic E-state index is 14.4. The number of benzene rings is 3. The van der Waals surface area contributed by atoms with E-state index in [9.17, 15) is 34.5 Å². The molecule has 5 rings (SSSR count). The van der Waals surface area contributed by atoms with Crippen molar-refractivity contribution < 1.29 is 44.0 Å². The number of nitrogens with two attached hydrogens (primary N) is 3. The van der Waals surface area contributed by atoms with Crippen LogP contribution in [0.2, 0.25) is 0 Å². The molecule has 0 aliphatic carbocycles. The van der Waals surface area contributed by atoms with Gasteiger partial charge in [-0.05, 0) is 73.6 Å². The normalized spacial score (nSPS) is 17.7. The lowest BCUT2D eigenvalue weighted by Crippen LogP contribution is -2.52. The standard InChI is InChI=1S/C45H59N9O9/c1-23-14-26-8-13-34(62-21-30(55)18-46)32(15-26)33-16-28(17-35(39(33)58)63-22-31(56)19-47)38(44(61)52-25(3)42(59)50-23)54(7)36(57)20-49-43(60)37-24(2)51-41(53-40(37)48)27-9-11-29(12-10-27)45(4,5)6/h8-13,15-17,23,25,30-31,38,55-56,58H,14,18-22,46-47H2,1-7H3,(H,49,60)(H,50,59)(H,52,61)(H2,48,51,53)/t23-,25+,30+,31+,38+/m1/s1. The third kappa shape index (κ3) is 11.6. The Hall–Kier alpha value is -6.34. The number of ether oxygens (including phenoxy) is 2. The number of hydrogen-bond acceptors (Lipinski definition) is 14. The maximum Gasteiger partial charge on any atom is 0.257 e. The van der Waals surface area contributed by atoms with Gasteiger partial charge in [-0.3, -0.25) is 19.2 Å². The molecule has 3 aromatic carbocycles. The van der Waals surface area contributed by atoms with E-state index in [4.69, 9.17) is 26.7 Å². The van der Waals surface area contributed by atoms with E-state index in [-0.39, 0.29) is 71.4 Å². The number of aliphatic hydroxyl groups is 2. The number of phenolic OH excluding ortho intramolecular Hbond substituents is 1. The summed E-state index contributed by atoms with van der Waals surface area (Å²) in [6.45, 7) is 9.81. The van der Waals surface area contributed by atoms with Crippen LogP contribution in [0.15, 0.2) is 54.6 Å². The van der Waals surface area contributed by atoms with Gasteiger partial charge in [0.05, 0.1) is 12.2 Å². The first-order valence-electron chi connectivity index (χ1n) is 20.6. The molecule has 18 heteroatoms. The van der Waals surface area contributed by atoms with Crippen molar-refractivity contribution in [3.63, 3.8) is 0 Å². The molecule has 2 heterocycles. The van der Waals surface area contributed by atoms with Gasteiger partial charge in [-0.15, -0.1) is 0 Å². The van der Waals surface area contributed by atoms with Crippen molar-refractivity contribution >= 4 is 29.4 Å². The van der Waals surface area contributed by atoms with Gasteiger partial charge in [-0.1, -0.05) is 51.1 Å². The number of anilines is 1. The molecular weight excluding hydrogens is 811 g/mol. The highest BCUT2D eigenvalue weighted by atomic mass is 16.5. The number of likely N-dealkylation sites (N-methyl/N-ethyl adjacent to an activating group) is 1. The second-order valence-electron chi connectivity index (χ2n) is 16.8. The molecule has 0 fully saturated rings. The van der Waals surface area contributed by atoms with Crippen LogP contribution in [0.25, 0.3) is 22.5 Å². The minimum atomic E-state index is -1.50. The van der Waals surface area contributed by atoms with Crippen molar-refractivity contribution in [3.05, 3.63) is 82.5 Å². The molecular formula is C45H59N9O9. The fourth-order valence-electron chi connectivity index (χ4n) is 6.97. The second kappa shape index (κ2) is 20.2. The summed E-state index contributed by atoms with van der Waals surface area (Å²) in [6, 6.07) is 12.7. The van der Waals surface area contributed by atoms with Crippen LogP contribution in [0.1, 0.15) is 73.4 Å². The van der Waals surface area contributed by atoms with Gasteiger partial charge in [0.1, 0.15) is 54.6 Å². The summed E-state index contributed by atoms with van der Waals surface area (Å²) in [6.07, 6.45) is -1.79. The van der Waals surface area contributed by atoms with Crippen LogP contribution in [0.5, 0.6) is 17.2 Å². The fourth-order valence-corrected chi connectivity index (χ4v) is 6.97. The Morgan fingerprint density at radius 1 is 0.905 bits per heavy atom. The molecule has 0 spiro atoms. The molecule has 0 radical (unpaired) electrons. The highest BCUT2D eigenvalue weighted by molar-refractivity contribution is 6.01. The van der Waals surface area contributed by atoms with Gasteiger partial charge in [-0.25, -0.2) is 9.97 Å². The molecule has 4 aromatic rings. The molecule has 0 unspecified atom stereocenters. The number of nitrogen functional groups attached to an aromatic ring is 1. The van der Waals surface area contributed by atoms with Gasteiger partial charge in [0.2, 0.25) is 17.7 Å². The average Bonchev–Trinajstić information content (AvgIpc) is 3.23. The Morgan fingerprint density at radius 3 is 2.14 bits per heavy atom. The van der Waals surface area contributed by atoms with Crippen LogP contribution in [-0.4, -0.2) is 118 Å². The zero-order chi connectivity index (χ0) is 46.3. The van der Waals surface area contributed by atoms with Gasteiger partial charge in [-0.2, -0.15) is 0 Å². The number of aryl methyl sites for hydroxylation is 1. The highest BCUT2D eigenvalue weighted by Crippen LogP contribution is 2.44. The van der Waals surface area contributed by atoms with Crippen LogP contribution in [-0.2, 0) is 26.2 Å². The van der Waals surface area contributed by atoms with Crippen LogP contribution >= 0.6 is 0 Å². The largest absolute Gasteiger partial charge is 0.504 e. The fraction of sp³-hybridized carbons (Fsp3) is 0.422. The van der Waals surface area contributed by atoms with E-state index >= 15 is 0 Å². The Bertz CT molecular complexity index is 2290. The van der Waals surface area contributed by atoms with E-state index in [1.165, 1.54) is 26.1 Å². The number of nitrogens with one attached hydrogen (secondary N) is 3.